The summed E-state index contributed by atoms with van der Waals surface area (Å²) in [5, 5.41) is 0. The monoisotopic (exact) mass is 660 g/mol. The van der Waals surface area contributed by atoms with E-state index in [4.69, 9.17) is 14.5 Å². The predicted molar refractivity (Wildman–Crippen MR) is 203 cm³/mol. The van der Waals surface area contributed by atoms with Gasteiger partial charge < -0.3 is 19.4 Å². The molecular weight excluding hydrogens is 620 g/mol. The zero-order chi connectivity index (χ0) is 34.7. The Balaban J connectivity index is 1.24. The zero-order valence-electron chi connectivity index (χ0n) is 28.4. The van der Waals surface area contributed by atoms with Crippen molar-refractivity contribution in [3.63, 3.8) is 0 Å². The lowest BCUT2D eigenvalue weighted by Gasteiger charge is -2.26. The van der Waals surface area contributed by atoms with Crippen LogP contribution in [0, 0.1) is 0 Å². The molecule has 6 aromatic carbocycles. The lowest BCUT2D eigenvalue weighted by atomic mass is 10.0. The molecule has 0 aromatic heterocycles. The maximum Gasteiger partial charge on any atom is 0.305 e. The maximum atomic E-state index is 11.6. The summed E-state index contributed by atoms with van der Waals surface area (Å²) in [6.07, 6.45) is 1.57. The van der Waals surface area contributed by atoms with Crippen LogP contribution in [0.5, 0.6) is 0 Å². The van der Waals surface area contributed by atoms with Gasteiger partial charge in [0.05, 0.1) is 14.2 Å². The number of allylic oxidation sites excluding steroid dienone is 1. The van der Waals surface area contributed by atoms with Crippen molar-refractivity contribution in [1.29, 1.82) is 0 Å². The highest BCUT2D eigenvalue weighted by molar-refractivity contribution is 5.81. The second-order valence-corrected chi connectivity index (χ2v) is 11.8. The Morgan fingerprint density at radius 3 is 1.30 bits per heavy atom. The van der Waals surface area contributed by atoms with Crippen molar-refractivity contribution < 1.29 is 19.3 Å². The minimum atomic E-state index is -0.203. The van der Waals surface area contributed by atoms with Crippen LogP contribution in [0.3, 0.4) is 0 Å². The number of hydrogen-bond donors (Lipinski definition) is 0. The van der Waals surface area contributed by atoms with Gasteiger partial charge in [-0.25, -0.2) is 0 Å². The van der Waals surface area contributed by atoms with Gasteiger partial charge in [0.15, 0.2) is 0 Å². The van der Waals surface area contributed by atoms with Crippen molar-refractivity contribution in [2.45, 2.75) is 19.3 Å². The van der Waals surface area contributed by atoms with Crippen molar-refractivity contribution in [2.24, 2.45) is 0 Å². The third-order valence-electron chi connectivity index (χ3n) is 8.45. The Morgan fingerprint density at radius 2 is 0.900 bits per heavy atom. The van der Waals surface area contributed by atoms with E-state index in [1.165, 1.54) is 14.2 Å². The highest BCUT2D eigenvalue weighted by atomic mass is 17.2. The fourth-order valence-corrected chi connectivity index (χ4v) is 5.95. The normalized spacial score (nSPS) is 10.7. The van der Waals surface area contributed by atoms with E-state index >= 15 is 0 Å². The molecule has 0 bridgehead atoms. The van der Waals surface area contributed by atoms with Gasteiger partial charge in [0.25, 0.3) is 0 Å². The molecule has 6 aromatic rings. The molecule has 6 rings (SSSR count). The molecule has 250 valence electrons. The first-order valence-electron chi connectivity index (χ1n) is 16.6. The number of esters is 1. The molecular formula is C44H40N2O4. The Labute approximate surface area is 294 Å². The summed E-state index contributed by atoms with van der Waals surface area (Å²) < 4.78 is 4.81. The van der Waals surface area contributed by atoms with Crippen LogP contribution in [0.1, 0.15) is 17.5 Å². The summed E-state index contributed by atoms with van der Waals surface area (Å²) in [6.45, 7) is 3.91. The van der Waals surface area contributed by atoms with Crippen LogP contribution >= 0.6 is 0 Å². The predicted octanol–water partition coefficient (Wildman–Crippen LogP) is 11.0. The molecule has 0 saturated carbocycles. The van der Waals surface area contributed by atoms with Gasteiger partial charge >= 0.3 is 5.97 Å². The number of carbonyl (C=O) groups is 1. The summed E-state index contributed by atoms with van der Waals surface area (Å²) in [5.41, 5.74) is 10.8. The first-order valence-corrected chi connectivity index (χ1v) is 16.6. The highest BCUT2D eigenvalue weighted by Gasteiger charge is 2.15. The van der Waals surface area contributed by atoms with E-state index in [0.29, 0.717) is 25.0 Å². The molecule has 0 spiro atoms. The van der Waals surface area contributed by atoms with Gasteiger partial charge in [0, 0.05) is 47.0 Å². The zero-order valence-corrected chi connectivity index (χ0v) is 28.4. The number of benzene rings is 6. The quantitative estimate of drug-likeness (QED) is 0.0502. The number of carbonyl (C=O) groups excluding carboxylic acids is 1. The largest absolute Gasteiger partial charge is 0.469 e. The lowest BCUT2D eigenvalue weighted by molar-refractivity contribution is -0.238. The molecule has 0 saturated heterocycles. The van der Waals surface area contributed by atoms with Gasteiger partial charge in [-0.3, -0.25) is 4.79 Å². The average molecular weight is 661 g/mol. The highest BCUT2D eigenvalue weighted by Crippen LogP contribution is 2.38. The van der Waals surface area contributed by atoms with Crippen LogP contribution in [-0.2, 0) is 32.1 Å². The summed E-state index contributed by atoms with van der Waals surface area (Å²) in [4.78, 5) is 25.9. The van der Waals surface area contributed by atoms with Crippen molar-refractivity contribution in [3.8, 4) is 11.1 Å². The minimum absolute atomic E-state index is 0.203. The molecule has 0 aliphatic rings. The standard InChI is InChI=1S/C44H40N2O4/c1-33(50-49-3)32-35-16-25-41(26-17-35)46(39-12-8-5-9-13-39)43-29-21-37(22-30-43)36-19-27-42(28-20-36)45(38-10-6-4-7-11-38)40-23-14-34(15-24-40)18-31-44(47)48-2/h4-17,19-30H,1,18,31-32H2,2-3H3. The molecule has 50 heavy (non-hydrogen) atoms. The molecule has 0 unspecified atom stereocenters. The van der Waals surface area contributed by atoms with E-state index < -0.39 is 0 Å². The lowest BCUT2D eigenvalue weighted by Crippen LogP contribution is -2.10. The number of anilines is 6. The summed E-state index contributed by atoms with van der Waals surface area (Å²) >= 11 is 0. The minimum Gasteiger partial charge on any atom is -0.469 e. The molecule has 0 aliphatic heterocycles. The van der Waals surface area contributed by atoms with E-state index in [0.717, 1.165) is 56.4 Å². The summed E-state index contributed by atoms with van der Waals surface area (Å²) in [6, 6.07) is 54.8. The third-order valence-corrected chi connectivity index (χ3v) is 8.45. The number of rotatable bonds is 14. The van der Waals surface area contributed by atoms with Crippen LogP contribution < -0.4 is 9.80 Å². The fourth-order valence-electron chi connectivity index (χ4n) is 5.95. The van der Waals surface area contributed by atoms with E-state index in [2.05, 4.69) is 150 Å². The fraction of sp³-hybridized carbons (Fsp3) is 0.114. The van der Waals surface area contributed by atoms with Gasteiger partial charge in [-0.2, -0.15) is 4.89 Å². The van der Waals surface area contributed by atoms with Crippen molar-refractivity contribution in [1.82, 2.24) is 0 Å². The van der Waals surface area contributed by atoms with Crippen molar-refractivity contribution in [3.05, 3.63) is 181 Å². The molecule has 0 heterocycles. The van der Waals surface area contributed by atoms with Crippen LogP contribution in [-0.4, -0.2) is 20.2 Å². The molecule has 0 radical (unpaired) electrons. The van der Waals surface area contributed by atoms with Gasteiger partial charge in [0.1, 0.15) is 5.76 Å². The molecule has 0 aliphatic carbocycles. The first-order chi connectivity index (χ1) is 24.5. The van der Waals surface area contributed by atoms with Gasteiger partial charge in [-0.15, -0.1) is 0 Å². The number of ether oxygens (including phenoxy) is 1. The molecule has 0 N–H and O–H groups in total. The van der Waals surface area contributed by atoms with Gasteiger partial charge in [0.2, 0.25) is 0 Å². The van der Waals surface area contributed by atoms with Crippen LogP contribution in [0.15, 0.2) is 170 Å². The smallest absolute Gasteiger partial charge is 0.305 e. The first kappa shape index (κ1) is 33.8. The van der Waals surface area contributed by atoms with Crippen LogP contribution in [0.25, 0.3) is 11.1 Å². The number of methoxy groups -OCH3 is 1. The SMILES string of the molecule is C=C(Cc1ccc(N(c2ccccc2)c2ccc(-c3ccc(N(c4ccccc4)c4ccc(CCC(=O)OC)cc4)cc3)cc2)cc1)OOC. The van der Waals surface area contributed by atoms with Crippen molar-refractivity contribution in [2.75, 3.05) is 24.0 Å². The Morgan fingerprint density at radius 1 is 0.520 bits per heavy atom. The second-order valence-electron chi connectivity index (χ2n) is 11.8. The molecule has 0 atom stereocenters. The molecule has 0 fully saturated rings. The third kappa shape index (κ3) is 8.29. The molecule has 6 nitrogen and oxygen atoms in total. The summed E-state index contributed by atoms with van der Waals surface area (Å²) in [5.74, 6) is 0.352. The van der Waals surface area contributed by atoms with Crippen LogP contribution in [0.4, 0.5) is 34.1 Å². The molecule has 0 amide bonds. The van der Waals surface area contributed by atoms with E-state index in [-0.39, 0.29) is 5.97 Å². The number of nitrogens with zero attached hydrogens (tertiary/aromatic N) is 2. The topological polar surface area (TPSA) is 51.2 Å². The number of hydrogen-bond acceptors (Lipinski definition) is 6. The Bertz CT molecular complexity index is 1980. The average Bonchev–Trinajstić information content (AvgIpc) is 3.17. The van der Waals surface area contributed by atoms with Crippen LogP contribution in [0.2, 0.25) is 0 Å². The van der Waals surface area contributed by atoms with Crippen molar-refractivity contribution >= 4 is 40.1 Å². The Hall–Kier alpha value is -6.11. The maximum absolute atomic E-state index is 11.6. The number of para-hydroxylation sites is 2. The van der Waals surface area contributed by atoms with E-state index in [1.54, 1.807) is 0 Å². The second kappa shape index (κ2) is 16.3. The van der Waals surface area contributed by atoms with Gasteiger partial charge in [-0.1, -0.05) is 91.5 Å². The Kier molecular flexibility index (Phi) is 11.0. The van der Waals surface area contributed by atoms with E-state index in [9.17, 15) is 4.79 Å². The van der Waals surface area contributed by atoms with E-state index in [1.807, 2.05) is 24.3 Å². The summed E-state index contributed by atoms with van der Waals surface area (Å²) in [7, 11) is 2.90. The molecule has 6 heteroatoms. The van der Waals surface area contributed by atoms with Gasteiger partial charge in [-0.05, 0) is 101 Å². The number of aryl methyl sites for hydroxylation is 1.